The molecule has 2 atom stereocenters. The maximum atomic E-state index is 12.0. The average Bonchev–Trinajstić information content (AvgIpc) is 2.78. The molecule has 3 heteroatoms. The molecular weight excluding hydrogens is 260 g/mol. The van der Waals surface area contributed by atoms with E-state index in [1.807, 2.05) is 6.92 Å². The normalized spacial score (nSPS) is 25.3. The molecule has 2 fully saturated rings. The van der Waals surface area contributed by atoms with E-state index in [1.54, 1.807) is 0 Å². The number of hydrogen-bond acceptors (Lipinski definition) is 2. The van der Waals surface area contributed by atoms with Gasteiger partial charge in [-0.1, -0.05) is 37.3 Å². The minimum absolute atomic E-state index is 0.353. The fourth-order valence-corrected chi connectivity index (χ4v) is 3.91. The van der Waals surface area contributed by atoms with Gasteiger partial charge in [0, 0.05) is 31.6 Å². The summed E-state index contributed by atoms with van der Waals surface area (Å²) in [6.45, 7) is 5.30. The highest BCUT2D eigenvalue weighted by Crippen LogP contribution is 2.30. The number of amides is 1. The molecule has 0 aliphatic carbocycles. The summed E-state index contributed by atoms with van der Waals surface area (Å²) in [5, 5.41) is 0. The standard InChI is InChI=1S/C18H26N2O/c1-2-18(21)20-16-10-11-17(20)14-19(13-16)12-6-9-15-7-4-3-5-8-15/h3-5,7-8,16-17H,2,6,9-14H2,1H3. The Bertz CT molecular complexity index is 459. The number of likely N-dealkylation sites (tertiary alicyclic amines) is 1. The first-order chi connectivity index (χ1) is 10.3. The van der Waals surface area contributed by atoms with Crippen LogP contribution in [0.4, 0.5) is 0 Å². The molecule has 3 rings (SSSR count). The summed E-state index contributed by atoms with van der Waals surface area (Å²) >= 11 is 0. The fraction of sp³-hybridized carbons (Fsp3) is 0.611. The van der Waals surface area contributed by atoms with Crippen LogP contribution in [0.25, 0.3) is 0 Å². The van der Waals surface area contributed by atoms with E-state index in [9.17, 15) is 4.79 Å². The maximum absolute atomic E-state index is 12.0. The SMILES string of the molecule is CCC(=O)N1C2CCC1CN(CCCc1ccccc1)C2. The summed E-state index contributed by atoms with van der Waals surface area (Å²) in [7, 11) is 0. The Labute approximate surface area is 127 Å². The highest BCUT2D eigenvalue weighted by Gasteiger charge is 2.41. The zero-order valence-electron chi connectivity index (χ0n) is 13.0. The zero-order chi connectivity index (χ0) is 14.7. The second-order valence-corrected chi connectivity index (χ2v) is 6.39. The number of nitrogens with zero attached hydrogens (tertiary/aromatic N) is 2. The Kier molecular flexibility index (Phi) is 4.59. The molecule has 21 heavy (non-hydrogen) atoms. The number of carbonyl (C=O) groups is 1. The van der Waals surface area contributed by atoms with Crippen LogP contribution in [0.2, 0.25) is 0 Å². The van der Waals surface area contributed by atoms with Crippen molar-refractivity contribution in [2.24, 2.45) is 0 Å². The van der Waals surface area contributed by atoms with E-state index in [1.165, 1.54) is 24.8 Å². The number of fused-ring (bicyclic) bond motifs is 2. The van der Waals surface area contributed by atoms with Gasteiger partial charge in [0.05, 0.1) is 0 Å². The Hall–Kier alpha value is -1.35. The third kappa shape index (κ3) is 3.29. The largest absolute Gasteiger partial charge is 0.334 e. The molecule has 0 N–H and O–H groups in total. The van der Waals surface area contributed by atoms with E-state index in [2.05, 4.69) is 40.1 Å². The number of aryl methyl sites for hydroxylation is 1. The molecule has 1 aromatic carbocycles. The molecule has 0 radical (unpaired) electrons. The molecule has 2 heterocycles. The van der Waals surface area contributed by atoms with Gasteiger partial charge >= 0.3 is 0 Å². The lowest BCUT2D eigenvalue weighted by Crippen LogP contribution is -2.55. The Balaban J connectivity index is 1.48. The van der Waals surface area contributed by atoms with Crippen molar-refractivity contribution in [2.45, 2.75) is 51.1 Å². The first-order valence-corrected chi connectivity index (χ1v) is 8.35. The molecule has 2 aliphatic rings. The van der Waals surface area contributed by atoms with Crippen molar-refractivity contribution in [3.05, 3.63) is 35.9 Å². The summed E-state index contributed by atoms with van der Waals surface area (Å²) in [4.78, 5) is 16.8. The van der Waals surface area contributed by atoms with Gasteiger partial charge in [-0.05, 0) is 37.8 Å². The molecule has 3 nitrogen and oxygen atoms in total. The van der Waals surface area contributed by atoms with Crippen LogP contribution in [0.1, 0.15) is 38.2 Å². The summed E-state index contributed by atoms with van der Waals surface area (Å²) in [5.41, 5.74) is 1.43. The molecular formula is C18H26N2O. The number of piperazine rings is 1. The van der Waals surface area contributed by atoms with Crippen molar-refractivity contribution >= 4 is 5.91 Å². The molecule has 1 amide bonds. The lowest BCUT2D eigenvalue weighted by Gasteiger charge is -2.41. The summed E-state index contributed by atoms with van der Waals surface area (Å²) in [6.07, 6.45) is 5.42. The van der Waals surface area contributed by atoms with E-state index < -0.39 is 0 Å². The first kappa shape index (κ1) is 14.6. The van der Waals surface area contributed by atoms with Gasteiger partial charge in [-0.3, -0.25) is 9.69 Å². The smallest absolute Gasteiger partial charge is 0.222 e. The predicted octanol–water partition coefficient (Wildman–Crippen LogP) is 2.70. The van der Waals surface area contributed by atoms with Crippen LogP contribution >= 0.6 is 0 Å². The number of hydrogen-bond donors (Lipinski definition) is 0. The zero-order valence-corrected chi connectivity index (χ0v) is 13.0. The molecule has 0 saturated carbocycles. The van der Waals surface area contributed by atoms with Crippen LogP contribution in [-0.4, -0.2) is 47.4 Å². The number of benzene rings is 1. The third-order valence-electron chi connectivity index (χ3n) is 4.93. The van der Waals surface area contributed by atoms with Gasteiger partial charge in [0.25, 0.3) is 0 Å². The van der Waals surface area contributed by atoms with Gasteiger partial charge in [0.2, 0.25) is 5.91 Å². The van der Waals surface area contributed by atoms with Crippen molar-refractivity contribution in [3.8, 4) is 0 Å². The molecule has 0 spiro atoms. The minimum Gasteiger partial charge on any atom is -0.334 e. The molecule has 0 aromatic heterocycles. The van der Waals surface area contributed by atoms with E-state index in [0.717, 1.165) is 26.1 Å². The van der Waals surface area contributed by atoms with Crippen molar-refractivity contribution in [2.75, 3.05) is 19.6 Å². The van der Waals surface area contributed by atoms with E-state index in [0.29, 0.717) is 24.4 Å². The van der Waals surface area contributed by atoms with Crippen LogP contribution < -0.4 is 0 Å². The second kappa shape index (κ2) is 6.61. The Morgan fingerprint density at radius 1 is 1.14 bits per heavy atom. The minimum atomic E-state index is 0.353. The monoisotopic (exact) mass is 286 g/mol. The van der Waals surface area contributed by atoms with Gasteiger partial charge in [0.1, 0.15) is 0 Å². The highest BCUT2D eigenvalue weighted by atomic mass is 16.2. The second-order valence-electron chi connectivity index (χ2n) is 6.39. The van der Waals surface area contributed by atoms with Crippen molar-refractivity contribution in [1.82, 2.24) is 9.80 Å². The van der Waals surface area contributed by atoms with E-state index in [-0.39, 0.29) is 0 Å². The molecule has 1 aromatic rings. The van der Waals surface area contributed by atoms with Crippen LogP contribution in [0.5, 0.6) is 0 Å². The summed E-state index contributed by atoms with van der Waals surface area (Å²) in [6, 6.07) is 11.7. The first-order valence-electron chi connectivity index (χ1n) is 8.35. The highest BCUT2D eigenvalue weighted by molar-refractivity contribution is 5.77. The van der Waals surface area contributed by atoms with Crippen molar-refractivity contribution in [3.63, 3.8) is 0 Å². The number of carbonyl (C=O) groups excluding carboxylic acids is 1. The quantitative estimate of drug-likeness (QED) is 0.831. The third-order valence-corrected chi connectivity index (χ3v) is 4.93. The summed E-state index contributed by atoms with van der Waals surface area (Å²) in [5.74, 6) is 0.353. The maximum Gasteiger partial charge on any atom is 0.222 e. The molecule has 2 unspecified atom stereocenters. The summed E-state index contributed by atoms with van der Waals surface area (Å²) < 4.78 is 0. The van der Waals surface area contributed by atoms with Gasteiger partial charge in [-0.25, -0.2) is 0 Å². The van der Waals surface area contributed by atoms with Gasteiger partial charge in [0.15, 0.2) is 0 Å². The predicted molar refractivity (Wildman–Crippen MR) is 85.2 cm³/mol. The molecule has 2 aliphatic heterocycles. The molecule has 114 valence electrons. The van der Waals surface area contributed by atoms with Gasteiger partial charge in [-0.15, -0.1) is 0 Å². The van der Waals surface area contributed by atoms with Crippen LogP contribution in [0.3, 0.4) is 0 Å². The lowest BCUT2D eigenvalue weighted by atomic mass is 10.1. The molecule has 2 bridgehead atoms. The van der Waals surface area contributed by atoms with E-state index >= 15 is 0 Å². The van der Waals surface area contributed by atoms with Gasteiger partial charge in [-0.2, -0.15) is 0 Å². The average molecular weight is 286 g/mol. The topological polar surface area (TPSA) is 23.6 Å². The fourth-order valence-electron chi connectivity index (χ4n) is 3.91. The van der Waals surface area contributed by atoms with Crippen molar-refractivity contribution in [1.29, 1.82) is 0 Å². The van der Waals surface area contributed by atoms with Gasteiger partial charge < -0.3 is 4.90 Å². The van der Waals surface area contributed by atoms with E-state index in [4.69, 9.17) is 0 Å². The number of rotatable bonds is 5. The lowest BCUT2D eigenvalue weighted by molar-refractivity contribution is -0.136. The Morgan fingerprint density at radius 2 is 1.81 bits per heavy atom. The Morgan fingerprint density at radius 3 is 2.43 bits per heavy atom. The van der Waals surface area contributed by atoms with Crippen molar-refractivity contribution < 1.29 is 4.79 Å². The van der Waals surface area contributed by atoms with Crippen LogP contribution in [0.15, 0.2) is 30.3 Å². The molecule has 2 saturated heterocycles. The van der Waals surface area contributed by atoms with Crippen LogP contribution in [0, 0.1) is 0 Å². The van der Waals surface area contributed by atoms with Crippen LogP contribution in [-0.2, 0) is 11.2 Å².